The summed E-state index contributed by atoms with van der Waals surface area (Å²) in [6.45, 7) is 0. The van der Waals surface area contributed by atoms with Gasteiger partial charge in [0, 0.05) is 0 Å². The third-order valence-electron chi connectivity index (χ3n) is 0.871. The molecule has 0 N–H and O–H groups in total. The molecule has 0 aromatic rings. The van der Waals surface area contributed by atoms with E-state index in [-0.39, 0.29) is 0 Å². The molecule has 0 aliphatic heterocycles. The van der Waals surface area contributed by atoms with Crippen molar-refractivity contribution in [2.75, 3.05) is 0 Å². The van der Waals surface area contributed by atoms with E-state index in [0.29, 0.717) is 0 Å². The molecule has 1 unspecified atom stereocenters. The summed E-state index contributed by atoms with van der Waals surface area (Å²) < 4.78 is 33.7. The molecule has 0 spiro atoms. The van der Waals surface area contributed by atoms with Gasteiger partial charge in [0.05, 0.1) is 6.42 Å². The van der Waals surface area contributed by atoms with Crippen LogP contribution in [-0.4, -0.2) is 11.8 Å². The fraction of sp³-hybridized carbons (Fsp3) is 1.00. The van der Waals surface area contributed by atoms with E-state index in [1.165, 1.54) is 0 Å². The van der Waals surface area contributed by atoms with Gasteiger partial charge in [-0.2, -0.15) is 13.9 Å². The Kier molecular flexibility index (Phi) is 0.558. The van der Waals surface area contributed by atoms with Crippen LogP contribution in [0.3, 0.4) is 0 Å². The maximum Gasteiger partial charge on any atom is 0.314 e. The van der Waals surface area contributed by atoms with Gasteiger partial charge >= 0.3 is 11.8 Å². The van der Waals surface area contributed by atoms with Crippen LogP contribution in [0, 0.1) is 0 Å². The molecule has 0 bridgehead atoms. The van der Waals surface area contributed by atoms with Crippen molar-refractivity contribution in [2.24, 2.45) is 0 Å². The SMILES string of the molecule is [O]C1(F)CC1(F)F. The minimum Gasteiger partial charge on any atom is -0.202 e. The van der Waals surface area contributed by atoms with Crippen molar-refractivity contribution in [3.63, 3.8) is 0 Å². The molecular formula is C3H2F3O. The number of rotatable bonds is 0. The monoisotopic (exact) mass is 111 g/mol. The maximum atomic E-state index is 11.3. The topological polar surface area (TPSA) is 19.9 Å². The van der Waals surface area contributed by atoms with Gasteiger partial charge in [0.1, 0.15) is 0 Å². The van der Waals surface area contributed by atoms with E-state index >= 15 is 0 Å². The summed E-state index contributed by atoms with van der Waals surface area (Å²) in [6, 6.07) is 0. The standard InChI is InChI=1S/C3H2F3O/c4-2(5)1-3(2,6)7/h1H2. The first-order valence-corrected chi connectivity index (χ1v) is 1.73. The van der Waals surface area contributed by atoms with Gasteiger partial charge in [-0.15, -0.1) is 0 Å². The van der Waals surface area contributed by atoms with Gasteiger partial charge in [-0.05, 0) is 0 Å². The highest BCUT2D eigenvalue weighted by atomic mass is 19.3. The average Bonchev–Trinajstić information content (AvgIpc) is 1.63. The second-order valence-corrected chi connectivity index (χ2v) is 1.61. The summed E-state index contributed by atoms with van der Waals surface area (Å²) in [5.41, 5.74) is 0. The Morgan fingerprint density at radius 1 is 1.29 bits per heavy atom. The molecular weight excluding hydrogens is 109 g/mol. The summed E-state index contributed by atoms with van der Waals surface area (Å²) in [5.74, 6) is -7.01. The summed E-state index contributed by atoms with van der Waals surface area (Å²) in [4.78, 5) is 0. The lowest BCUT2D eigenvalue weighted by molar-refractivity contribution is -0.128. The van der Waals surface area contributed by atoms with Crippen LogP contribution in [0.1, 0.15) is 6.42 Å². The van der Waals surface area contributed by atoms with Crippen LogP contribution in [0.2, 0.25) is 0 Å². The lowest BCUT2D eigenvalue weighted by Crippen LogP contribution is -2.07. The van der Waals surface area contributed by atoms with Crippen molar-refractivity contribution in [1.29, 1.82) is 0 Å². The van der Waals surface area contributed by atoms with E-state index in [1.807, 2.05) is 0 Å². The quantitative estimate of drug-likeness (QED) is 0.446. The molecule has 4 heteroatoms. The first kappa shape index (κ1) is 4.90. The fourth-order valence-electron chi connectivity index (χ4n) is 0.241. The Balaban J connectivity index is 2.59. The van der Waals surface area contributed by atoms with Gasteiger partial charge in [0.2, 0.25) is 0 Å². The van der Waals surface area contributed by atoms with Crippen molar-refractivity contribution in [2.45, 2.75) is 18.2 Å². The van der Waals surface area contributed by atoms with Gasteiger partial charge in [0.25, 0.3) is 0 Å². The lowest BCUT2D eigenvalue weighted by atomic mass is 10.7. The van der Waals surface area contributed by atoms with Gasteiger partial charge in [-0.25, -0.2) is 4.39 Å². The van der Waals surface area contributed by atoms with Crippen LogP contribution in [0.15, 0.2) is 0 Å². The van der Waals surface area contributed by atoms with E-state index in [9.17, 15) is 18.3 Å². The second kappa shape index (κ2) is 0.798. The molecule has 0 amide bonds. The first-order valence-electron chi connectivity index (χ1n) is 1.73. The van der Waals surface area contributed by atoms with Crippen LogP contribution in [-0.2, 0) is 5.11 Å². The van der Waals surface area contributed by atoms with Gasteiger partial charge < -0.3 is 0 Å². The lowest BCUT2D eigenvalue weighted by Gasteiger charge is -1.88. The molecule has 0 heterocycles. The van der Waals surface area contributed by atoms with Crippen molar-refractivity contribution >= 4 is 0 Å². The molecule has 1 atom stereocenters. The number of hydrogen-bond acceptors (Lipinski definition) is 0. The Hall–Kier alpha value is -0.250. The van der Waals surface area contributed by atoms with Crippen LogP contribution < -0.4 is 0 Å². The average molecular weight is 111 g/mol. The minimum absolute atomic E-state index is 1.15. The summed E-state index contributed by atoms with van der Waals surface area (Å²) in [5, 5.41) is 9.45. The van der Waals surface area contributed by atoms with Gasteiger partial charge in [0.15, 0.2) is 0 Å². The Bertz CT molecular complexity index is 86.4. The first-order chi connectivity index (χ1) is 2.96. The summed E-state index contributed by atoms with van der Waals surface area (Å²) in [6.07, 6.45) is -1.15. The predicted octanol–water partition coefficient (Wildman–Crippen LogP) is 1.12. The summed E-state index contributed by atoms with van der Waals surface area (Å²) in [7, 11) is 0. The highest BCUT2D eigenvalue weighted by molar-refractivity contribution is 5.02. The van der Waals surface area contributed by atoms with Crippen molar-refractivity contribution in [3.05, 3.63) is 0 Å². The fourth-order valence-corrected chi connectivity index (χ4v) is 0.241. The molecule has 41 valence electrons. The molecule has 0 aromatic carbocycles. The second-order valence-electron chi connectivity index (χ2n) is 1.61. The predicted molar refractivity (Wildman–Crippen MR) is 14.1 cm³/mol. The molecule has 0 aromatic heterocycles. The molecule has 1 aliphatic rings. The third kappa shape index (κ3) is 0.497. The van der Waals surface area contributed by atoms with Crippen LogP contribution in [0.5, 0.6) is 0 Å². The summed E-state index contributed by atoms with van der Waals surface area (Å²) >= 11 is 0. The third-order valence-corrected chi connectivity index (χ3v) is 0.871. The zero-order valence-corrected chi connectivity index (χ0v) is 3.25. The molecule has 1 nitrogen and oxygen atoms in total. The highest BCUT2D eigenvalue weighted by Gasteiger charge is 2.75. The molecule has 1 radical (unpaired) electrons. The van der Waals surface area contributed by atoms with Gasteiger partial charge in [-0.3, -0.25) is 0 Å². The van der Waals surface area contributed by atoms with Crippen molar-refractivity contribution in [1.82, 2.24) is 0 Å². The highest BCUT2D eigenvalue weighted by Crippen LogP contribution is 2.53. The Labute approximate surface area is 37.8 Å². The Morgan fingerprint density at radius 2 is 1.43 bits per heavy atom. The van der Waals surface area contributed by atoms with Gasteiger partial charge in [-0.1, -0.05) is 0 Å². The molecule has 0 saturated heterocycles. The van der Waals surface area contributed by atoms with E-state index in [2.05, 4.69) is 0 Å². The Morgan fingerprint density at radius 3 is 1.43 bits per heavy atom. The van der Waals surface area contributed by atoms with Crippen molar-refractivity contribution in [3.8, 4) is 0 Å². The number of halogens is 3. The molecule has 1 aliphatic carbocycles. The molecule has 1 fully saturated rings. The minimum atomic E-state index is -3.58. The zero-order valence-electron chi connectivity index (χ0n) is 3.25. The van der Waals surface area contributed by atoms with Crippen LogP contribution >= 0.6 is 0 Å². The molecule has 1 rings (SSSR count). The van der Waals surface area contributed by atoms with E-state index < -0.39 is 18.2 Å². The smallest absolute Gasteiger partial charge is 0.202 e. The van der Waals surface area contributed by atoms with E-state index in [0.717, 1.165) is 0 Å². The van der Waals surface area contributed by atoms with Crippen LogP contribution in [0.25, 0.3) is 0 Å². The van der Waals surface area contributed by atoms with E-state index in [1.54, 1.807) is 0 Å². The molecule has 7 heavy (non-hydrogen) atoms. The van der Waals surface area contributed by atoms with Crippen molar-refractivity contribution < 1.29 is 18.3 Å². The maximum absolute atomic E-state index is 11.3. The number of alkyl halides is 3. The van der Waals surface area contributed by atoms with Crippen LogP contribution in [0.4, 0.5) is 13.2 Å². The zero-order chi connectivity index (χ0) is 5.71. The van der Waals surface area contributed by atoms with E-state index in [4.69, 9.17) is 0 Å². The molecule has 1 saturated carbocycles. The normalized spacial score (nSPS) is 46.3. The largest absolute Gasteiger partial charge is 0.314 e. The number of hydrogen-bond donors (Lipinski definition) is 0.